The monoisotopic (exact) mass is 449 g/mol. The minimum atomic E-state index is -0.437. The van der Waals surface area contributed by atoms with Crippen molar-refractivity contribution in [2.45, 2.75) is 37.8 Å². The molecule has 3 unspecified atom stereocenters. The van der Waals surface area contributed by atoms with Crippen LogP contribution in [0.15, 0.2) is 48.5 Å². The third kappa shape index (κ3) is 4.12. The first-order chi connectivity index (χ1) is 16.1. The van der Waals surface area contributed by atoms with Crippen molar-refractivity contribution < 1.29 is 19.1 Å². The average molecular weight is 450 g/mol. The number of para-hydroxylation sites is 3. The Bertz CT molecular complexity index is 1040. The topological polar surface area (TPSA) is 88.7 Å². The number of carbonyl (C=O) groups excluding carboxylic acids is 2. The molecule has 7 heteroatoms. The minimum Gasteiger partial charge on any atom is -0.493 e. The summed E-state index contributed by atoms with van der Waals surface area (Å²) in [6.07, 6.45) is 4.36. The summed E-state index contributed by atoms with van der Waals surface area (Å²) in [6.45, 7) is 1.09. The highest BCUT2D eigenvalue weighted by Gasteiger charge is 2.55. The van der Waals surface area contributed by atoms with Crippen LogP contribution in [0.1, 0.15) is 42.5 Å². The molecule has 2 aromatic rings. The van der Waals surface area contributed by atoms with Crippen LogP contribution in [0, 0.1) is 17.8 Å². The van der Waals surface area contributed by atoms with Crippen LogP contribution in [0.3, 0.4) is 0 Å². The molecule has 2 amide bonds. The summed E-state index contributed by atoms with van der Waals surface area (Å²) in [4.78, 5) is 25.7. The van der Waals surface area contributed by atoms with E-state index in [1.807, 2.05) is 48.5 Å². The van der Waals surface area contributed by atoms with E-state index in [0.29, 0.717) is 30.2 Å². The van der Waals surface area contributed by atoms with Crippen LogP contribution in [0.5, 0.6) is 11.5 Å². The molecule has 0 aromatic heterocycles. The van der Waals surface area contributed by atoms with Crippen molar-refractivity contribution in [2.24, 2.45) is 17.8 Å². The molecule has 1 spiro atoms. The lowest BCUT2D eigenvalue weighted by Gasteiger charge is -2.56. The quantitative estimate of drug-likeness (QED) is 0.563. The van der Waals surface area contributed by atoms with Gasteiger partial charge in [-0.3, -0.25) is 9.59 Å². The predicted octanol–water partition coefficient (Wildman–Crippen LogP) is 3.57. The number of hydrogen-bond donors (Lipinski definition) is 3. The van der Waals surface area contributed by atoms with Gasteiger partial charge in [-0.1, -0.05) is 24.3 Å². The van der Waals surface area contributed by atoms with Crippen LogP contribution in [-0.4, -0.2) is 37.7 Å². The predicted molar refractivity (Wildman–Crippen MR) is 125 cm³/mol. The number of methoxy groups -OCH3 is 1. The van der Waals surface area contributed by atoms with Crippen LogP contribution >= 0.6 is 0 Å². The molecule has 3 N–H and O–H groups in total. The molecule has 1 heterocycles. The number of amides is 2. The van der Waals surface area contributed by atoms with Crippen LogP contribution in [0.25, 0.3) is 0 Å². The van der Waals surface area contributed by atoms with Crippen LogP contribution in [0.4, 0.5) is 5.69 Å². The molecule has 1 aliphatic heterocycles. The zero-order chi connectivity index (χ0) is 22.8. The molecule has 3 saturated carbocycles. The Morgan fingerprint density at radius 3 is 2.67 bits per heavy atom. The number of rotatable bonds is 7. The third-order valence-corrected chi connectivity index (χ3v) is 7.42. The van der Waals surface area contributed by atoms with Crippen molar-refractivity contribution in [3.05, 3.63) is 54.1 Å². The highest BCUT2D eigenvalue weighted by molar-refractivity contribution is 6.02. The molecule has 2 bridgehead atoms. The maximum absolute atomic E-state index is 13.0. The summed E-state index contributed by atoms with van der Waals surface area (Å²) in [5.74, 6) is 2.03. The Morgan fingerprint density at radius 1 is 1.09 bits per heavy atom. The van der Waals surface area contributed by atoms with Crippen LogP contribution < -0.4 is 25.4 Å². The molecule has 4 atom stereocenters. The largest absolute Gasteiger partial charge is 0.493 e. The van der Waals surface area contributed by atoms with Gasteiger partial charge in [-0.25, -0.2) is 0 Å². The molecule has 4 aliphatic rings. The standard InChI is InChI=1S/C26H31N3O4/c1-32-22-9-4-5-10-23(22)33-14-6-13-27-24(30)20-15-18-12-11-17(20)16-26(18)28-21-8-3-2-7-19(21)25(31)29-26/h2-5,7-10,17-18,20,28H,6,11-16H2,1H3,(H,27,30)(H,29,31)/t17?,18?,20?,26-/m1/s1. The summed E-state index contributed by atoms with van der Waals surface area (Å²) in [5.41, 5.74) is 1.15. The van der Waals surface area contributed by atoms with Crippen molar-refractivity contribution >= 4 is 17.5 Å². The van der Waals surface area contributed by atoms with Gasteiger partial charge < -0.3 is 25.4 Å². The Hall–Kier alpha value is -3.22. The zero-order valence-electron chi connectivity index (χ0n) is 18.9. The van der Waals surface area contributed by atoms with Crippen molar-refractivity contribution in [2.75, 3.05) is 25.6 Å². The summed E-state index contributed by atoms with van der Waals surface area (Å²) in [6, 6.07) is 15.2. The average Bonchev–Trinajstić information content (AvgIpc) is 2.84. The zero-order valence-corrected chi connectivity index (χ0v) is 18.9. The van der Waals surface area contributed by atoms with Crippen molar-refractivity contribution in [3.63, 3.8) is 0 Å². The minimum absolute atomic E-state index is 0.000355. The lowest BCUT2D eigenvalue weighted by molar-refractivity contribution is -0.132. The van der Waals surface area contributed by atoms with Gasteiger partial charge in [0.2, 0.25) is 5.91 Å². The fourth-order valence-corrected chi connectivity index (χ4v) is 5.80. The molecule has 3 aliphatic carbocycles. The van der Waals surface area contributed by atoms with Gasteiger partial charge in [-0.15, -0.1) is 0 Å². The van der Waals surface area contributed by atoms with Crippen LogP contribution in [-0.2, 0) is 4.79 Å². The lowest BCUT2D eigenvalue weighted by Crippen LogP contribution is -2.68. The Morgan fingerprint density at radius 2 is 1.88 bits per heavy atom. The fraction of sp³-hybridized carbons (Fsp3) is 0.462. The highest BCUT2D eigenvalue weighted by atomic mass is 16.5. The number of ether oxygens (including phenoxy) is 2. The Labute approximate surface area is 194 Å². The third-order valence-electron chi connectivity index (χ3n) is 7.42. The fourth-order valence-electron chi connectivity index (χ4n) is 5.80. The summed E-state index contributed by atoms with van der Waals surface area (Å²) in [5, 5.41) is 9.99. The normalized spacial score (nSPS) is 27.3. The number of nitrogens with one attached hydrogen (secondary N) is 3. The molecule has 6 rings (SSSR count). The molecule has 2 aromatic carbocycles. The first-order valence-electron chi connectivity index (χ1n) is 11.8. The maximum Gasteiger partial charge on any atom is 0.255 e. The first kappa shape index (κ1) is 21.6. The van der Waals surface area contributed by atoms with E-state index in [-0.39, 0.29) is 29.6 Å². The van der Waals surface area contributed by atoms with Gasteiger partial charge in [0.05, 0.1) is 19.3 Å². The number of benzene rings is 2. The van der Waals surface area contributed by atoms with E-state index in [0.717, 1.165) is 37.8 Å². The van der Waals surface area contributed by atoms with E-state index < -0.39 is 5.66 Å². The van der Waals surface area contributed by atoms with Crippen molar-refractivity contribution in [3.8, 4) is 11.5 Å². The van der Waals surface area contributed by atoms with E-state index in [4.69, 9.17) is 9.47 Å². The molecule has 0 radical (unpaired) electrons. The lowest BCUT2D eigenvalue weighted by atomic mass is 9.58. The Balaban J connectivity index is 1.14. The molecule has 0 saturated heterocycles. The molecule has 3 fully saturated rings. The van der Waals surface area contributed by atoms with E-state index >= 15 is 0 Å². The van der Waals surface area contributed by atoms with Gasteiger partial charge in [0.1, 0.15) is 5.66 Å². The second kappa shape index (κ2) is 8.96. The summed E-state index contributed by atoms with van der Waals surface area (Å²) < 4.78 is 11.1. The number of carbonyl (C=O) groups is 2. The van der Waals surface area contributed by atoms with Crippen molar-refractivity contribution in [1.82, 2.24) is 10.6 Å². The number of hydrogen-bond acceptors (Lipinski definition) is 5. The van der Waals surface area contributed by atoms with Gasteiger partial charge in [-0.05, 0) is 62.3 Å². The number of anilines is 1. The molecular formula is C26H31N3O4. The highest BCUT2D eigenvalue weighted by Crippen LogP contribution is 2.51. The van der Waals surface area contributed by atoms with E-state index in [1.54, 1.807) is 7.11 Å². The SMILES string of the molecule is COc1ccccc1OCCCNC(=O)C1CC2CCC1C[C@@]21NC(=O)c2ccccc2N1. The molecule has 7 nitrogen and oxygen atoms in total. The summed E-state index contributed by atoms with van der Waals surface area (Å²) in [7, 11) is 1.62. The molecule has 174 valence electrons. The smallest absolute Gasteiger partial charge is 0.255 e. The van der Waals surface area contributed by atoms with Crippen LogP contribution in [0.2, 0.25) is 0 Å². The van der Waals surface area contributed by atoms with Gasteiger partial charge in [-0.2, -0.15) is 0 Å². The first-order valence-corrected chi connectivity index (χ1v) is 11.8. The van der Waals surface area contributed by atoms with Crippen molar-refractivity contribution in [1.29, 1.82) is 0 Å². The van der Waals surface area contributed by atoms with Gasteiger partial charge in [0.15, 0.2) is 11.5 Å². The van der Waals surface area contributed by atoms with E-state index in [2.05, 4.69) is 16.0 Å². The second-order valence-electron chi connectivity index (χ2n) is 9.32. The van der Waals surface area contributed by atoms with Gasteiger partial charge in [0.25, 0.3) is 5.91 Å². The Kier molecular flexibility index (Phi) is 5.87. The van der Waals surface area contributed by atoms with Gasteiger partial charge >= 0.3 is 0 Å². The van der Waals surface area contributed by atoms with E-state index in [1.165, 1.54) is 0 Å². The van der Waals surface area contributed by atoms with Gasteiger partial charge in [0, 0.05) is 24.1 Å². The van der Waals surface area contributed by atoms with E-state index in [9.17, 15) is 9.59 Å². The second-order valence-corrected chi connectivity index (χ2v) is 9.32. The maximum atomic E-state index is 13.0. The molecular weight excluding hydrogens is 418 g/mol. The number of fused-ring (bicyclic) bond motifs is 3. The summed E-state index contributed by atoms with van der Waals surface area (Å²) >= 11 is 0. The molecule has 33 heavy (non-hydrogen) atoms.